The highest BCUT2D eigenvalue weighted by atomic mass is 127. The van der Waals surface area contributed by atoms with Crippen LogP contribution in [0, 0.1) is 5.92 Å². The zero-order valence-corrected chi connectivity index (χ0v) is 20.8. The van der Waals surface area contributed by atoms with E-state index in [9.17, 15) is 0 Å². The molecule has 29 heavy (non-hydrogen) atoms. The fourth-order valence-electron chi connectivity index (χ4n) is 3.61. The van der Waals surface area contributed by atoms with Crippen molar-refractivity contribution in [3.8, 4) is 11.5 Å². The molecule has 1 aliphatic rings. The van der Waals surface area contributed by atoms with Crippen LogP contribution in [0.3, 0.4) is 0 Å². The molecule has 1 heterocycles. The second-order valence-corrected chi connectivity index (χ2v) is 7.51. The predicted octanol–water partition coefficient (Wildman–Crippen LogP) is 3.54. The number of hydrogen-bond acceptors (Lipinski definition) is 4. The van der Waals surface area contributed by atoms with Gasteiger partial charge in [0.15, 0.2) is 17.5 Å². The zero-order valence-electron chi connectivity index (χ0n) is 18.5. The van der Waals surface area contributed by atoms with Crippen LogP contribution in [0.4, 0.5) is 0 Å². The van der Waals surface area contributed by atoms with Gasteiger partial charge in [-0.2, -0.15) is 0 Å². The minimum atomic E-state index is 0. The fraction of sp³-hybridized carbons (Fsp3) is 0.682. The van der Waals surface area contributed by atoms with Crippen molar-refractivity contribution in [1.29, 1.82) is 0 Å². The largest absolute Gasteiger partial charge is 0.493 e. The monoisotopic (exact) mass is 518 g/mol. The quantitative estimate of drug-likeness (QED) is 0.203. The zero-order chi connectivity index (χ0) is 20.2. The van der Waals surface area contributed by atoms with E-state index in [-0.39, 0.29) is 24.0 Å². The summed E-state index contributed by atoms with van der Waals surface area (Å²) in [5.74, 6) is 3.11. The Kier molecular flexibility index (Phi) is 13.1. The van der Waals surface area contributed by atoms with E-state index in [0.29, 0.717) is 12.5 Å². The van der Waals surface area contributed by atoms with Gasteiger partial charge in [0.1, 0.15) is 0 Å². The molecule has 7 heteroatoms. The third kappa shape index (κ3) is 9.42. The second kappa shape index (κ2) is 14.7. The van der Waals surface area contributed by atoms with Crippen molar-refractivity contribution in [3.63, 3.8) is 0 Å². The normalized spacial score (nSPS) is 15.5. The van der Waals surface area contributed by atoms with Crippen LogP contribution < -0.4 is 20.1 Å². The van der Waals surface area contributed by atoms with Gasteiger partial charge < -0.3 is 25.0 Å². The lowest BCUT2D eigenvalue weighted by Gasteiger charge is -2.21. The van der Waals surface area contributed by atoms with Crippen molar-refractivity contribution in [1.82, 2.24) is 15.5 Å². The van der Waals surface area contributed by atoms with Gasteiger partial charge in [-0.1, -0.05) is 13.0 Å². The molecule has 1 fully saturated rings. The van der Waals surface area contributed by atoms with Crippen molar-refractivity contribution in [3.05, 3.63) is 23.8 Å². The summed E-state index contributed by atoms with van der Waals surface area (Å²) in [6, 6.07) is 6.17. The van der Waals surface area contributed by atoms with Crippen LogP contribution in [0.2, 0.25) is 0 Å². The first-order valence-corrected chi connectivity index (χ1v) is 10.6. The number of methoxy groups -OCH3 is 1. The lowest BCUT2D eigenvalue weighted by atomic mass is 10.1. The summed E-state index contributed by atoms with van der Waals surface area (Å²) in [4.78, 5) is 6.91. The highest BCUT2D eigenvalue weighted by molar-refractivity contribution is 14.0. The number of benzene rings is 1. The predicted molar refractivity (Wildman–Crippen MR) is 132 cm³/mol. The van der Waals surface area contributed by atoms with E-state index < -0.39 is 0 Å². The topological polar surface area (TPSA) is 58.1 Å². The number of aliphatic imine (C=N–C) groups is 1. The molecule has 1 aromatic carbocycles. The Morgan fingerprint density at radius 2 is 1.97 bits per heavy atom. The van der Waals surface area contributed by atoms with Crippen molar-refractivity contribution in [2.24, 2.45) is 10.9 Å². The number of aryl methyl sites for hydroxylation is 1. The number of halogens is 1. The van der Waals surface area contributed by atoms with Gasteiger partial charge in [-0.25, -0.2) is 0 Å². The lowest BCUT2D eigenvalue weighted by Crippen LogP contribution is -2.41. The number of likely N-dealkylation sites (tertiary alicyclic amines) is 1. The first-order valence-electron chi connectivity index (χ1n) is 10.6. The Morgan fingerprint density at radius 3 is 2.62 bits per heavy atom. The molecule has 1 unspecified atom stereocenters. The van der Waals surface area contributed by atoms with Gasteiger partial charge in [0.2, 0.25) is 0 Å². The van der Waals surface area contributed by atoms with Gasteiger partial charge >= 0.3 is 0 Å². The molecule has 0 spiro atoms. The van der Waals surface area contributed by atoms with Crippen molar-refractivity contribution in [2.75, 3.05) is 53.5 Å². The fourth-order valence-corrected chi connectivity index (χ4v) is 3.61. The highest BCUT2D eigenvalue weighted by Crippen LogP contribution is 2.28. The van der Waals surface area contributed by atoms with E-state index in [1.165, 1.54) is 38.0 Å². The average Bonchev–Trinajstić information content (AvgIpc) is 3.21. The molecule has 0 bridgehead atoms. The van der Waals surface area contributed by atoms with Crippen LogP contribution in [0.25, 0.3) is 0 Å². The van der Waals surface area contributed by atoms with Crippen LogP contribution in [-0.2, 0) is 6.42 Å². The third-order valence-electron chi connectivity index (χ3n) is 5.07. The second-order valence-electron chi connectivity index (χ2n) is 7.51. The van der Waals surface area contributed by atoms with E-state index in [1.54, 1.807) is 7.11 Å². The highest BCUT2D eigenvalue weighted by Gasteiger charge is 2.14. The minimum absolute atomic E-state index is 0. The summed E-state index contributed by atoms with van der Waals surface area (Å²) < 4.78 is 11.0. The number of rotatable bonds is 11. The van der Waals surface area contributed by atoms with Gasteiger partial charge in [-0.3, -0.25) is 4.99 Å². The van der Waals surface area contributed by atoms with Gasteiger partial charge in [-0.05, 0) is 69.3 Å². The SMILES string of the molecule is CCOc1cc(CCCNC(=NC)NCC(C)CN2CCCC2)ccc1OC.I. The molecule has 0 aromatic heterocycles. The van der Waals surface area contributed by atoms with E-state index >= 15 is 0 Å². The van der Waals surface area contributed by atoms with Crippen molar-refractivity contribution < 1.29 is 9.47 Å². The maximum Gasteiger partial charge on any atom is 0.190 e. The number of hydrogen-bond donors (Lipinski definition) is 2. The molecule has 1 atom stereocenters. The molecule has 1 aromatic rings. The third-order valence-corrected chi connectivity index (χ3v) is 5.07. The molecule has 2 rings (SSSR count). The molecular weight excluding hydrogens is 479 g/mol. The first kappa shape index (κ1) is 25.8. The Hall–Kier alpha value is -1.22. The van der Waals surface area contributed by atoms with Gasteiger partial charge in [-0.15, -0.1) is 24.0 Å². The molecule has 166 valence electrons. The van der Waals surface area contributed by atoms with Crippen LogP contribution in [0.5, 0.6) is 11.5 Å². The number of nitrogens with one attached hydrogen (secondary N) is 2. The summed E-state index contributed by atoms with van der Waals surface area (Å²) in [6.45, 7) is 10.5. The van der Waals surface area contributed by atoms with Crippen molar-refractivity contribution in [2.45, 2.75) is 39.5 Å². The number of guanidine groups is 1. The van der Waals surface area contributed by atoms with E-state index in [2.05, 4.69) is 39.6 Å². The summed E-state index contributed by atoms with van der Waals surface area (Å²) in [7, 11) is 3.50. The Balaban J connectivity index is 0.00000420. The number of ether oxygens (including phenoxy) is 2. The standard InChI is InChI=1S/C22H38N4O2.HI/c1-5-28-21-15-19(10-11-20(21)27-4)9-8-12-24-22(23-3)25-16-18(2)17-26-13-6-7-14-26;/h10-11,15,18H,5-9,12-14,16-17H2,1-4H3,(H2,23,24,25);1H. The molecule has 1 aliphatic heterocycles. The van der Waals surface area contributed by atoms with Gasteiger partial charge in [0, 0.05) is 26.7 Å². The maximum absolute atomic E-state index is 5.66. The molecule has 2 N–H and O–H groups in total. The number of nitrogens with zero attached hydrogens (tertiary/aromatic N) is 2. The van der Waals surface area contributed by atoms with E-state index in [4.69, 9.17) is 9.47 Å². The molecule has 0 aliphatic carbocycles. The smallest absolute Gasteiger partial charge is 0.190 e. The van der Waals surface area contributed by atoms with Crippen LogP contribution in [-0.4, -0.2) is 64.3 Å². The maximum atomic E-state index is 5.66. The molecule has 0 amide bonds. The van der Waals surface area contributed by atoms with E-state index in [1.807, 2.05) is 20.0 Å². The van der Waals surface area contributed by atoms with E-state index in [0.717, 1.165) is 43.4 Å². The van der Waals surface area contributed by atoms with Gasteiger partial charge in [0.05, 0.1) is 13.7 Å². The summed E-state index contributed by atoms with van der Waals surface area (Å²) in [5.41, 5.74) is 1.26. The van der Waals surface area contributed by atoms with Gasteiger partial charge in [0.25, 0.3) is 0 Å². The minimum Gasteiger partial charge on any atom is -0.493 e. The molecule has 0 radical (unpaired) electrons. The summed E-state index contributed by atoms with van der Waals surface area (Å²) in [5, 5.41) is 6.88. The summed E-state index contributed by atoms with van der Waals surface area (Å²) >= 11 is 0. The van der Waals surface area contributed by atoms with Crippen LogP contribution >= 0.6 is 24.0 Å². The lowest BCUT2D eigenvalue weighted by molar-refractivity contribution is 0.287. The molecule has 6 nitrogen and oxygen atoms in total. The summed E-state index contributed by atoms with van der Waals surface area (Å²) in [6.07, 6.45) is 4.72. The first-order chi connectivity index (χ1) is 13.7. The molecular formula is C22H39IN4O2. The molecule has 1 saturated heterocycles. The Morgan fingerprint density at radius 1 is 1.21 bits per heavy atom. The molecule has 0 saturated carbocycles. The van der Waals surface area contributed by atoms with Crippen molar-refractivity contribution >= 4 is 29.9 Å². The van der Waals surface area contributed by atoms with Crippen LogP contribution in [0.15, 0.2) is 23.2 Å². The van der Waals surface area contributed by atoms with Crippen LogP contribution in [0.1, 0.15) is 38.7 Å². The average molecular weight is 518 g/mol. The Labute approximate surface area is 193 Å². The Bertz CT molecular complexity index is 606.